The fourth-order valence-electron chi connectivity index (χ4n) is 2.97. The van der Waals surface area contributed by atoms with E-state index in [0.29, 0.717) is 17.9 Å². The molecule has 0 radical (unpaired) electrons. The highest BCUT2D eigenvalue weighted by atomic mass is 16.5. The molecule has 2 aromatic rings. The Balaban J connectivity index is 2.14. The van der Waals surface area contributed by atoms with Crippen molar-refractivity contribution in [2.45, 2.75) is 46.3 Å². The van der Waals surface area contributed by atoms with E-state index in [2.05, 4.69) is 5.32 Å². The molecule has 146 valence electrons. The largest absolute Gasteiger partial charge is 0.497 e. The van der Waals surface area contributed by atoms with Crippen molar-refractivity contribution in [3.05, 3.63) is 53.1 Å². The summed E-state index contributed by atoms with van der Waals surface area (Å²) in [5, 5.41) is 3.02. The van der Waals surface area contributed by atoms with Gasteiger partial charge in [0.2, 0.25) is 0 Å². The van der Waals surface area contributed by atoms with Gasteiger partial charge < -0.3 is 19.5 Å². The molecule has 0 saturated carbocycles. The van der Waals surface area contributed by atoms with E-state index in [4.69, 9.17) is 14.2 Å². The monoisotopic (exact) mass is 371 g/mol. The number of hydrogen-bond donors (Lipinski definition) is 1. The van der Waals surface area contributed by atoms with Crippen molar-refractivity contribution in [1.82, 2.24) is 5.32 Å². The SMILES string of the molecule is CC[C@@H](Oc1ccc(C)cc1C)C(=O)N[C@H](C)c1cc(OC)ccc1OC. The molecular weight excluding hydrogens is 342 g/mol. The molecule has 1 N–H and O–H groups in total. The van der Waals surface area contributed by atoms with Gasteiger partial charge in [0.15, 0.2) is 6.10 Å². The minimum absolute atomic E-state index is 0.158. The van der Waals surface area contributed by atoms with Crippen molar-refractivity contribution in [2.24, 2.45) is 0 Å². The number of amides is 1. The lowest BCUT2D eigenvalue weighted by Crippen LogP contribution is -2.39. The van der Waals surface area contributed by atoms with Crippen molar-refractivity contribution in [3.63, 3.8) is 0 Å². The summed E-state index contributed by atoms with van der Waals surface area (Å²) in [5.41, 5.74) is 3.03. The molecular formula is C22H29NO4. The lowest BCUT2D eigenvalue weighted by atomic mass is 10.1. The topological polar surface area (TPSA) is 56.8 Å². The van der Waals surface area contributed by atoms with E-state index < -0.39 is 6.10 Å². The third-order valence-corrected chi connectivity index (χ3v) is 4.53. The van der Waals surface area contributed by atoms with Crippen molar-refractivity contribution in [1.29, 1.82) is 0 Å². The van der Waals surface area contributed by atoms with Crippen LogP contribution in [0.2, 0.25) is 0 Å². The van der Waals surface area contributed by atoms with Crippen molar-refractivity contribution in [2.75, 3.05) is 14.2 Å². The predicted molar refractivity (Wildman–Crippen MR) is 107 cm³/mol. The standard InChI is InChI=1S/C22H29NO4/c1-7-19(27-20-10-8-14(2)12-15(20)3)22(24)23-16(4)18-13-17(25-5)9-11-21(18)26-6/h8-13,16,19H,7H2,1-6H3,(H,23,24)/t16-,19-/m1/s1. The molecule has 0 aromatic heterocycles. The van der Waals surface area contributed by atoms with Gasteiger partial charge in [-0.1, -0.05) is 24.6 Å². The quantitative estimate of drug-likeness (QED) is 0.749. The van der Waals surface area contributed by atoms with Crippen LogP contribution in [0.25, 0.3) is 0 Å². The predicted octanol–water partition coefficient (Wildman–Crippen LogP) is 4.36. The molecule has 0 unspecified atom stereocenters. The van der Waals surface area contributed by atoms with E-state index in [0.717, 1.165) is 22.4 Å². The van der Waals surface area contributed by atoms with Gasteiger partial charge in [0.25, 0.3) is 5.91 Å². The van der Waals surface area contributed by atoms with Crippen LogP contribution in [0.15, 0.2) is 36.4 Å². The summed E-state index contributed by atoms with van der Waals surface area (Å²) in [7, 11) is 3.22. The maximum absolute atomic E-state index is 12.8. The normalized spacial score (nSPS) is 12.8. The summed E-state index contributed by atoms with van der Waals surface area (Å²) >= 11 is 0. The number of methoxy groups -OCH3 is 2. The molecule has 0 spiro atoms. The Kier molecular flexibility index (Phi) is 7.11. The van der Waals surface area contributed by atoms with Crippen molar-refractivity contribution >= 4 is 5.91 Å². The van der Waals surface area contributed by atoms with Crippen LogP contribution in [-0.2, 0) is 4.79 Å². The maximum Gasteiger partial charge on any atom is 0.261 e. The lowest BCUT2D eigenvalue weighted by Gasteiger charge is -2.23. The van der Waals surface area contributed by atoms with E-state index in [1.54, 1.807) is 14.2 Å². The minimum atomic E-state index is -0.564. The Hall–Kier alpha value is -2.69. The number of nitrogens with one attached hydrogen (secondary N) is 1. The highest BCUT2D eigenvalue weighted by molar-refractivity contribution is 5.81. The Morgan fingerprint density at radius 3 is 2.33 bits per heavy atom. The maximum atomic E-state index is 12.8. The Bertz CT molecular complexity index is 788. The van der Waals surface area contributed by atoms with Gasteiger partial charge >= 0.3 is 0 Å². The molecule has 0 bridgehead atoms. The van der Waals surface area contributed by atoms with Gasteiger partial charge in [-0.3, -0.25) is 4.79 Å². The van der Waals surface area contributed by atoms with Crippen LogP contribution in [-0.4, -0.2) is 26.2 Å². The van der Waals surface area contributed by atoms with Gasteiger partial charge in [0.05, 0.1) is 20.3 Å². The zero-order valence-electron chi connectivity index (χ0n) is 17.0. The van der Waals surface area contributed by atoms with Gasteiger partial charge in [-0.05, 0) is 57.0 Å². The first-order valence-electron chi connectivity index (χ1n) is 9.15. The zero-order chi connectivity index (χ0) is 20.0. The first-order chi connectivity index (χ1) is 12.9. The molecule has 0 fully saturated rings. The number of carbonyl (C=O) groups is 1. The molecule has 2 rings (SSSR count). The zero-order valence-corrected chi connectivity index (χ0v) is 17.0. The molecule has 0 aliphatic heterocycles. The lowest BCUT2D eigenvalue weighted by molar-refractivity contribution is -0.128. The Labute approximate surface area is 161 Å². The fourth-order valence-corrected chi connectivity index (χ4v) is 2.97. The van der Waals surface area contributed by atoms with E-state index >= 15 is 0 Å². The van der Waals surface area contributed by atoms with Crippen LogP contribution >= 0.6 is 0 Å². The average molecular weight is 371 g/mol. The van der Waals surface area contributed by atoms with Gasteiger partial charge in [-0.25, -0.2) is 0 Å². The average Bonchev–Trinajstić information content (AvgIpc) is 2.66. The number of hydrogen-bond acceptors (Lipinski definition) is 4. The van der Waals surface area contributed by atoms with Gasteiger partial charge in [0.1, 0.15) is 17.2 Å². The van der Waals surface area contributed by atoms with E-state index in [9.17, 15) is 4.79 Å². The van der Waals surface area contributed by atoms with Crippen LogP contribution in [0.3, 0.4) is 0 Å². The summed E-state index contributed by atoms with van der Waals surface area (Å²) < 4.78 is 16.7. The fraction of sp³-hybridized carbons (Fsp3) is 0.409. The molecule has 5 nitrogen and oxygen atoms in total. The number of carbonyl (C=O) groups excluding carboxylic acids is 1. The Morgan fingerprint density at radius 1 is 1.04 bits per heavy atom. The number of ether oxygens (including phenoxy) is 3. The van der Waals surface area contributed by atoms with Crippen molar-refractivity contribution in [3.8, 4) is 17.2 Å². The van der Waals surface area contributed by atoms with Crippen LogP contribution in [0.5, 0.6) is 17.2 Å². The second-order valence-corrected chi connectivity index (χ2v) is 6.62. The third kappa shape index (κ3) is 5.16. The summed E-state index contributed by atoms with van der Waals surface area (Å²) in [6.45, 7) is 7.87. The van der Waals surface area contributed by atoms with E-state index in [1.807, 2.05) is 64.1 Å². The first-order valence-corrected chi connectivity index (χ1v) is 9.15. The van der Waals surface area contributed by atoms with Crippen LogP contribution in [0.1, 0.15) is 43.0 Å². The highest BCUT2D eigenvalue weighted by Crippen LogP contribution is 2.29. The smallest absolute Gasteiger partial charge is 0.261 e. The highest BCUT2D eigenvalue weighted by Gasteiger charge is 2.23. The first kappa shape index (κ1) is 20.6. The van der Waals surface area contributed by atoms with Gasteiger partial charge in [0, 0.05) is 5.56 Å². The summed E-state index contributed by atoms with van der Waals surface area (Å²) in [6.07, 6.45) is 0.00616. The third-order valence-electron chi connectivity index (χ3n) is 4.53. The number of benzene rings is 2. The van der Waals surface area contributed by atoms with Crippen LogP contribution < -0.4 is 19.5 Å². The van der Waals surface area contributed by atoms with Crippen LogP contribution in [0.4, 0.5) is 0 Å². The number of rotatable bonds is 8. The minimum Gasteiger partial charge on any atom is -0.497 e. The summed E-state index contributed by atoms with van der Waals surface area (Å²) in [6, 6.07) is 11.2. The van der Waals surface area contributed by atoms with Gasteiger partial charge in [-0.15, -0.1) is 0 Å². The molecule has 5 heteroatoms. The Morgan fingerprint density at radius 2 is 1.74 bits per heavy atom. The molecule has 0 saturated heterocycles. The molecule has 27 heavy (non-hydrogen) atoms. The number of aryl methyl sites for hydroxylation is 2. The molecule has 2 aromatic carbocycles. The summed E-state index contributed by atoms with van der Waals surface area (Å²) in [5.74, 6) is 1.99. The molecule has 0 aliphatic carbocycles. The second kappa shape index (κ2) is 9.31. The molecule has 0 heterocycles. The second-order valence-electron chi connectivity index (χ2n) is 6.62. The molecule has 2 atom stereocenters. The summed E-state index contributed by atoms with van der Waals surface area (Å²) in [4.78, 5) is 12.8. The van der Waals surface area contributed by atoms with Gasteiger partial charge in [-0.2, -0.15) is 0 Å². The molecule has 1 amide bonds. The van der Waals surface area contributed by atoms with E-state index in [1.165, 1.54) is 0 Å². The van der Waals surface area contributed by atoms with Crippen LogP contribution in [0, 0.1) is 13.8 Å². The van der Waals surface area contributed by atoms with Crippen molar-refractivity contribution < 1.29 is 19.0 Å². The van der Waals surface area contributed by atoms with E-state index in [-0.39, 0.29) is 11.9 Å². The molecule has 0 aliphatic rings.